The zero-order chi connectivity index (χ0) is 5.54. The van der Waals surface area contributed by atoms with Gasteiger partial charge in [0.15, 0.2) is 0 Å². The van der Waals surface area contributed by atoms with E-state index in [1.807, 2.05) is 6.92 Å². The SMILES string of the molecule is C=CNC/N=C/C. The molecule has 1 N–H and O–H groups in total. The van der Waals surface area contributed by atoms with Gasteiger partial charge in [0, 0.05) is 0 Å². The van der Waals surface area contributed by atoms with Crippen molar-refractivity contribution in [2.24, 2.45) is 4.99 Å². The van der Waals surface area contributed by atoms with Crippen LogP contribution in [0.15, 0.2) is 17.8 Å². The van der Waals surface area contributed by atoms with Gasteiger partial charge in [-0.3, -0.25) is 4.99 Å². The summed E-state index contributed by atoms with van der Waals surface area (Å²) in [4.78, 5) is 3.85. The van der Waals surface area contributed by atoms with Crippen molar-refractivity contribution in [3.05, 3.63) is 12.8 Å². The van der Waals surface area contributed by atoms with E-state index in [4.69, 9.17) is 0 Å². The molecule has 2 heteroatoms. The summed E-state index contributed by atoms with van der Waals surface area (Å²) in [6.45, 7) is 5.97. The molecular weight excluding hydrogens is 88.1 g/mol. The Morgan fingerprint density at radius 2 is 2.57 bits per heavy atom. The van der Waals surface area contributed by atoms with Crippen molar-refractivity contribution in [1.82, 2.24) is 5.32 Å². The maximum Gasteiger partial charge on any atom is 0.106 e. The van der Waals surface area contributed by atoms with Gasteiger partial charge >= 0.3 is 0 Å². The van der Waals surface area contributed by atoms with E-state index in [0.29, 0.717) is 6.67 Å². The maximum atomic E-state index is 3.85. The second kappa shape index (κ2) is 5.21. The molecule has 0 fully saturated rings. The van der Waals surface area contributed by atoms with Crippen LogP contribution < -0.4 is 5.32 Å². The van der Waals surface area contributed by atoms with Crippen molar-refractivity contribution in [3.8, 4) is 0 Å². The Bertz CT molecular complexity index is 66.5. The summed E-state index contributed by atoms with van der Waals surface area (Å²) in [5, 5.41) is 2.82. The molecule has 0 radical (unpaired) electrons. The second-order valence-corrected chi connectivity index (χ2v) is 1.01. The average molecular weight is 98.1 g/mol. The fourth-order valence-corrected chi connectivity index (χ4v) is 0.209. The van der Waals surface area contributed by atoms with Crippen LogP contribution in [0.4, 0.5) is 0 Å². The molecule has 0 unspecified atom stereocenters. The summed E-state index contributed by atoms with van der Waals surface area (Å²) in [7, 11) is 0. The van der Waals surface area contributed by atoms with Gasteiger partial charge in [0.05, 0.1) is 0 Å². The van der Waals surface area contributed by atoms with Gasteiger partial charge in [0.25, 0.3) is 0 Å². The van der Waals surface area contributed by atoms with Crippen molar-refractivity contribution in [3.63, 3.8) is 0 Å². The number of aliphatic imine (C=N–C) groups is 1. The number of hydrogen-bond acceptors (Lipinski definition) is 2. The van der Waals surface area contributed by atoms with E-state index in [-0.39, 0.29) is 0 Å². The van der Waals surface area contributed by atoms with Gasteiger partial charge in [-0.05, 0) is 19.3 Å². The van der Waals surface area contributed by atoms with Gasteiger partial charge in [0.2, 0.25) is 0 Å². The minimum Gasteiger partial charge on any atom is -0.373 e. The summed E-state index contributed by atoms with van der Waals surface area (Å²) in [6.07, 6.45) is 3.36. The topological polar surface area (TPSA) is 24.4 Å². The standard InChI is InChI=1S/C5H10N2/c1-3-6-5-7-4-2/h3-4,6H,1,5H2,2H3/b7-4+. The molecule has 0 saturated heterocycles. The third-order valence-corrected chi connectivity index (χ3v) is 0.509. The Kier molecular flexibility index (Phi) is 4.62. The van der Waals surface area contributed by atoms with Crippen molar-refractivity contribution in [1.29, 1.82) is 0 Å². The number of hydrogen-bond donors (Lipinski definition) is 1. The summed E-state index contributed by atoms with van der Waals surface area (Å²) < 4.78 is 0. The van der Waals surface area contributed by atoms with Crippen LogP contribution in [-0.2, 0) is 0 Å². The molecule has 0 amide bonds. The molecule has 0 aliphatic heterocycles. The molecule has 0 saturated carbocycles. The van der Waals surface area contributed by atoms with E-state index in [9.17, 15) is 0 Å². The first-order valence-corrected chi connectivity index (χ1v) is 2.20. The molecule has 40 valence electrons. The van der Waals surface area contributed by atoms with E-state index in [0.717, 1.165) is 0 Å². The number of rotatable bonds is 3. The van der Waals surface area contributed by atoms with Crippen molar-refractivity contribution < 1.29 is 0 Å². The number of nitrogens with one attached hydrogen (secondary N) is 1. The molecule has 7 heavy (non-hydrogen) atoms. The van der Waals surface area contributed by atoms with Crippen molar-refractivity contribution in [2.45, 2.75) is 6.92 Å². The molecule has 0 bridgehead atoms. The van der Waals surface area contributed by atoms with Crippen molar-refractivity contribution >= 4 is 6.21 Å². The first-order valence-electron chi connectivity index (χ1n) is 2.20. The lowest BCUT2D eigenvalue weighted by Gasteiger charge is -1.87. The quantitative estimate of drug-likeness (QED) is 0.409. The van der Waals surface area contributed by atoms with Crippen LogP contribution >= 0.6 is 0 Å². The van der Waals surface area contributed by atoms with Crippen LogP contribution in [0.25, 0.3) is 0 Å². The highest BCUT2D eigenvalue weighted by Crippen LogP contribution is 1.58. The predicted octanol–water partition coefficient (Wildman–Crippen LogP) is 0.768. The molecule has 2 nitrogen and oxygen atoms in total. The summed E-state index contributed by atoms with van der Waals surface area (Å²) >= 11 is 0. The van der Waals surface area contributed by atoms with Crippen LogP contribution in [0.1, 0.15) is 6.92 Å². The molecule has 0 aliphatic carbocycles. The largest absolute Gasteiger partial charge is 0.373 e. The Morgan fingerprint density at radius 1 is 1.86 bits per heavy atom. The van der Waals surface area contributed by atoms with Crippen LogP contribution in [-0.4, -0.2) is 12.9 Å². The molecule has 0 spiro atoms. The molecule has 0 heterocycles. The second-order valence-electron chi connectivity index (χ2n) is 1.01. The minimum atomic E-state index is 0.639. The fourth-order valence-electron chi connectivity index (χ4n) is 0.209. The lowest BCUT2D eigenvalue weighted by Crippen LogP contribution is -2.02. The van der Waals surface area contributed by atoms with Crippen LogP contribution in [0.5, 0.6) is 0 Å². The first-order chi connectivity index (χ1) is 3.41. The number of nitrogens with zero attached hydrogens (tertiary/aromatic N) is 1. The van der Waals surface area contributed by atoms with Crippen LogP contribution in [0.3, 0.4) is 0 Å². The molecule has 0 rings (SSSR count). The summed E-state index contributed by atoms with van der Waals surface area (Å²) in [5.74, 6) is 0. The van der Waals surface area contributed by atoms with Gasteiger partial charge in [-0.25, -0.2) is 0 Å². The van der Waals surface area contributed by atoms with E-state index < -0.39 is 0 Å². The molecular formula is C5H10N2. The lowest BCUT2D eigenvalue weighted by atomic mass is 10.8. The third-order valence-electron chi connectivity index (χ3n) is 0.509. The maximum absolute atomic E-state index is 3.85. The Balaban J connectivity index is 2.82. The predicted molar refractivity (Wildman–Crippen MR) is 32.4 cm³/mol. The fraction of sp³-hybridized carbons (Fsp3) is 0.400. The van der Waals surface area contributed by atoms with E-state index >= 15 is 0 Å². The van der Waals surface area contributed by atoms with Gasteiger partial charge in [-0.2, -0.15) is 0 Å². The third kappa shape index (κ3) is 5.21. The highest BCUT2D eigenvalue weighted by molar-refractivity contribution is 5.52. The first kappa shape index (κ1) is 6.21. The van der Waals surface area contributed by atoms with Crippen molar-refractivity contribution in [2.75, 3.05) is 6.67 Å². The van der Waals surface area contributed by atoms with Crippen LogP contribution in [0.2, 0.25) is 0 Å². The zero-order valence-corrected chi connectivity index (χ0v) is 4.52. The molecule has 0 atom stereocenters. The summed E-state index contributed by atoms with van der Waals surface area (Å²) in [6, 6.07) is 0. The lowest BCUT2D eigenvalue weighted by molar-refractivity contribution is 0.890. The van der Waals surface area contributed by atoms with E-state index in [1.54, 1.807) is 12.4 Å². The molecule has 0 aromatic heterocycles. The monoisotopic (exact) mass is 98.1 g/mol. The zero-order valence-electron chi connectivity index (χ0n) is 4.52. The average Bonchev–Trinajstić information content (AvgIpc) is 1.69. The summed E-state index contributed by atoms with van der Waals surface area (Å²) in [5.41, 5.74) is 0. The smallest absolute Gasteiger partial charge is 0.106 e. The Morgan fingerprint density at radius 3 is 3.00 bits per heavy atom. The molecule has 0 aliphatic rings. The Labute approximate surface area is 44.0 Å². The van der Waals surface area contributed by atoms with Gasteiger partial charge in [-0.15, -0.1) is 0 Å². The van der Waals surface area contributed by atoms with Gasteiger partial charge < -0.3 is 5.32 Å². The van der Waals surface area contributed by atoms with Gasteiger partial charge in [0.1, 0.15) is 6.67 Å². The van der Waals surface area contributed by atoms with Gasteiger partial charge in [-0.1, -0.05) is 6.58 Å². The Hall–Kier alpha value is -0.790. The van der Waals surface area contributed by atoms with Crippen LogP contribution in [0, 0.1) is 0 Å². The molecule has 0 aromatic rings. The van der Waals surface area contributed by atoms with E-state index in [1.165, 1.54) is 0 Å². The normalized spacial score (nSPS) is 9.29. The van der Waals surface area contributed by atoms with E-state index in [2.05, 4.69) is 16.9 Å². The minimum absolute atomic E-state index is 0.639. The molecule has 0 aromatic carbocycles. The highest BCUT2D eigenvalue weighted by Gasteiger charge is 1.62. The highest BCUT2D eigenvalue weighted by atomic mass is 15.0.